The van der Waals surface area contributed by atoms with Crippen molar-refractivity contribution >= 4 is 65.7 Å². The summed E-state index contributed by atoms with van der Waals surface area (Å²) in [6, 6.07) is 31.9. The topological polar surface area (TPSA) is 69.9 Å². The lowest BCUT2D eigenvalue weighted by atomic mass is 9.99. The quantitative estimate of drug-likeness (QED) is 0.167. The lowest BCUT2D eigenvalue weighted by Crippen LogP contribution is -2.00. The van der Waals surface area contributed by atoms with E-state index in [0.29, 0.717) is 22.3 Å². The second kappa shape index (κ2) is 14.0. The van der Waals surface area contributed by atoms with Crippen molar-refractivity contribution < 1.29 is 26.7 Å². The Bertz CT molecular complexity index is 4670. The van der Waals surface area contributed by atoms with Gasteiger partial charge in [-0.25, -0.2) is 15.0 Å². The van der Waals surface area contributed by atoms with Crippen LogP contribution in [0.5, 0.6) is 0 Å². The minimum Gasteiger partial charge on any atom is -0.456 e. The van der Waals surface area contributed by atoms with Gasteiger partial charge in [0.05, 0.1) is 28.9 Å². The minimum atomic E-state index is -0.603. The molecule has 13 rings (SSSR count). The first-order chi connectivity index (χ1) is 36.6. The molecule has 6 heteroatoms. The molecule has 13 aromatic rings. The number of fused-ring (bicyclic) bond motifs is 9. The van der Waals surface area contributed by atoms with Crippen molar-refractivity contribution in [3.8, 4) is 62.1 Å². The summed E-state index contributed by atoms with van der Waals surface area (Å²) >= 11 is 0. The van der Waals surface area contributed by atoms with Gasteiger partial charge in [0.1, 0.15) is 22.3 Å². The zero-order valence-electron chi connectivity index (χ0n) is 45.7. The van der Waals surface area contributed by atoms with Crippen molar-refractivity contribution in [2.75, 3.05) is 0 Å². The number of aromatic nitrogens is 4. The Kier molecular flexibility index (Phi) is 5.46. The summed E-state index contributed by atoms with van der Waals surface area (Å²) in [6.45, 7) is 0. The highest BCUT2D eigenvalue weighted by Gasteiger charge is 2.19. The Hall–Kier alpha value is -8.61. The van der Waals surface area contributed by atoms with Crippen LogP contribution in [0.15, 0.2) is 215 Å². The number of hydrogen-bond donors (Lipinski definition) is 0. The fraction of sp³-hybridized carbons (Fsp3) is 0. The predicted molar refractivity (Wildman–Crippen MR) is 256 cm³/mol. The number of para-hydroxylation sites is 1. The molecule has 4 heterocycles. The van der Waals surface area contributed by atoms with Crippen LogP contribution in [0.1, 0.15) is 17.8 Å². The molecule has 9 aromatic carbocycles. The zero-order valence-corrected chi connectivity index (χ0v) is 32.7. The molecule has 0 aliphatic carbocycles. The lowest BCUT2D eigenvalue weighted by Gasteiger charge is -2.09. The molecule has 4 aromatic heterocycles. The molecule has 0 aliphatic heterocycles. The van der Waals surface area contributed by atoms with Gasteiger partial charge in [-0.05, 0) is 88.8 Å². The van der Waals surface area contributed by atoms with E-state index >= 15 is 0 Å². The smallest absolute Gasteiger partial charge is 0.164 e. The molecule has 0 atom stereocenters. The average molecular weight is 820 g/mol. The van der Waals surface area contributed by atoms with Crippen LogP contribution >= 0.6 is 0 Å². The number of benzene rings is 9. The van der Waals surface area contributed by atoms with Crippen LogP contribution < -0.4 is 0 Å². The minimum absolute atomic E-state index is 0.0190. The molecule has 0 aliphatic rings. The molecule has 0 spiro atoms. The molecule has 6 nitrogen and oxygen atoms in total. The van der Waals surface area contributed by atoms with Crippen LogP contribution in [0.25, 0.3) is 128 Å². The lowest BCUT2D eigenvalue weighted by molar-refractivity contribution is 0.668. The summed E-state index contributed by atoms with van der Waals surface area (Å²) in [5.74, 6) is 0.289. The van der Waals surface area contributed by atoms with E-state index in [-0.39, 0.29) is 102 Å². The molecule has 0 N–H and O–H groups in total. The molecule has 0 amide bonds. The average Bonchev–Trinajstić information content (AvgIpc) is 4.33. The SMILES string of the molecule is [2H]c1cc2c3c(-c4c([2H])cccc4[2H])c([2H])c([2H])c([2H])c3n(-c3cc4c(oc5c([2H])c(-c6nc(-c7ccccc7)nc(-c7ccc8c(c7)oc7cc(-c9ccccc9)ccc78)n6)c([2H])c([2H])c54)c([2H])c3[2H])c2c([2H])c1[2H]. The van der Waals surface area contributed by atoms with Crippen LogP contribution in [0.4, 0.5) is 0 Å². The monoisotopic (exact) mass is 819 g/mol. The molecular weight excluding hydrogens is 773 g/mol. The Labute approximate surface area is 379 Å². The summed E-state index contributed by atoms with van der Waals surface area (Å²) in [5.41, 5.74) is 3.24. The van der Waals surface area contributed by atoms with E-state index in [1.807, 2.05) is 97.1 Å². The van der Waals surface area contributed by atoms with Gasteiger partial charge in [-0.15, -0.1) is 0 Å². The van der Waals surface area contributed by atoms with Gasteiger partial charge >= 0.3 is 0 Å². The Morgan fingerprint density at radius 3 is 1.84 bits per heavy atom. The van der Waals surface area contributed by atoms with Crippen LogP contribution in [-0.4, -0.2) is 19.5 Å². The van der Waals surface area contributed by atoms with Crippen LogP contribution in [0.3, 0.4) is 0 Å². The summed E-state index contributed by atoms with van der Waals surface area (Å²) in [7, 11) is 0. The van der Waals surface area contributed by atoms with Crippen molar-refractivity contribution in [3.63, 3.8) is 0 Å². The second-order valence-corrected chi connectivity index (χ2v) is 14.9. The maximum Gasteiger partial charge on any atom is 0.164 e. The van der Waals surface area contributed by atoms with Gasteiger partial charge in [0.2, 0.25) is 0 Å². The third-order valence-electron chi connectivity index (χ3n) is 11.2. The van der Waals surface area contributed by atoms with Crippen molar-refractivity contribution in [3.05, 3.63) is 206 Å². The highest BCUT2D eigenvalue weighted by Crippen LogP contribution is 2.41. The van der Waals surface area contributed by atoms with E-state index in [2.05, 4.69) is 0 Å². The van der Waals surface area contributed by atoms with Crippen molar-refractivity contribution in [1.29, 1.82) is 0 Å². The van der Waals surface area contributed by atoms with E-state index in [1.165, 1.54) is 34.9 Å². The van der Waals surface area contributed by atoms with Crippen molar-refractivity contribution in [1.82, 2.24) is 19.5 Å². The molecular formula is C57H34N4O2. The van der Waals surface area contributed by atoms with Crippen LogP contribution in [-0.2, 0) is 0 Å². The number of hydrogen-bond acceptors (Lipinski definition) is 5. The molecule has 63 heavy (non-hydrogen) atoms. The molecule has 0 radical (unpaired) electrons. The summed E-state index contributed by atoms with van der Waals surface area (Å²) in [5, 5.41) is 1.82. The third-order valence-corrected chi connectivity index (χ3v) is 11.2. The maximum absolute atomic E-state index is 9.68. The van der Waals surface area contributed by atoms with Crippen LogP contribution in [0.2, 0.25) is 0 Å². The summed E-state index contributed by atoms with van der Waals surface area (Å²) < 4.78 is 133. The zero-order chi connectivity index (χ0) is 52.7. The van der Waals surface area contributed by atoms with Crippen molar-refractivity contribution in [2.45, 2.75) is 0 Å². The molecule has 0 saturated carbocycles. The molecule has 0 bridgehead atoms. The van der Waals surface area contributed by atoms with E-state index < -0.39 is 60.4 Å². The molecule has 0 fully saturated rings. The van der Waals surface area contributed by atoms with Gasteiger partial charge in [0.15, 0.2) is 17.5 Å². The van der Waals surface area contributed by atoms with Gasteiger partial charge < -0.3 is 13.4 Å². The van der Waals surface area contributed by atoms with E-state index in [9.17, 15) is 9.60 Å². The van der Waals surface area contributed by atoms with Gasteiger partial charge in [-0.3, -0.25) is 0 Å². The van der Waals surface area contributed by atoms with Gasteiger partial charge in [-0.2, -0.15) is 0 Å². The third kappa shape index (κ3) is 5.76. The first kappa shape index (κ1) is 24.6. The highest BCUT2D eigenvalue weighted by atomic mass is 16.3. The first-order valence-corrected chi connectivity index (χ1v) is 20.0. The van der Waals surface area contributed by atoms with Gasteiger partial charge in [0.25, 0.3) is 0 Å². The van der Waals surface area contributed by atoms with E-state index in [4.69, 9.17) is 32.0 Å². The first-order valence-electron chi connectivity index (χ1n) is 26.5. The summed E-state index contributed by atoms with van der Waals surface area (Å²) in [4.78, 5) is 14.5. The van der Waals surface area contributed by atoms with Crippen LogP contribution in [0, 0.1) is 0 Å². The maximum atomic E-state index is 9.68. The van der Waals surface area contributed by atoms with Gasteiger partial charge in [-0.1, -0.05) is 139 Å². The van der Waals surface area contributed by atoms with E-state index in [1.54, 1.807) is 0 Å². The Morgan fingerprint density at radius 2 is 1.05 bits per heavy atom. The fourth-order valence-electron chi connectivity index (χ4n) is 8.31. The Balaban J connectivity index is 1.03. The number of nitrogens with zero attached hydrogens (tertiary/aromatic N) is 4. The molecule has 0 unspecified atom stereocenters. The second-order valence-electron chi connectivity index (χ2n) is 14.9. The number of rotatable bonds is 6. The van der Waals surface area contributed by atoms with E-state index in [0.717, 1.165) is 21.9 Å². The predicted octanol–water partition coefficient (Wildman–Crippen LogP) is 15.1. The van der Waals surface area contributed by atoms with Gasteiger partial charge in [0, 0.05) is 54.7 Å². The standard InChI is InChI=1S/C57H34N4O2/c1-4-13-35(14-5-1)38-23-27-43-44-28-24-39(32-52(44)63-51(43)31-38)56-58-55(37-17-8-3-9-18-37)59-57(60-56)40-25-29-45-47-34-41(26-30-50(47)62-53(45)33-40)61-48-21-11-10-19-46(48)54-42(20-12-22-49(54)61)36-15-6-2-7-16-36/h1-34H/i10D,11D,12D,15D,16D,20D,21D,22D,25D,26D,29D,30D,33D. The fourth-order valence-corrected chi connectivity index (χ4v) is 8.31. The molecule has 294 valence electrons. The Morgan fingerprint density at radius 1 is 0.381 bits per heavy atom. The number of furan rings is 2. The molecule has 0 saturated heterocycles. The normalized spacial score (nSPS) is 14.7. The largest absolute Gasteiger partial charge is 0.456 e. The summed E-state index contributed by atoms with van der Waals surface area (Å²) in [6.07, 6.45) is 0. The highest BCUT2D eigenvalue weighted by molar-refractivity contribution is 6.16. The van der Waals surface area contributed by atoms with Crippen molar-refractivity contribution in [2.24, 2.45) is 0 Å².